The summed E-state index contributed by atoms with van der Waals surface area (Å²) in [4.78, 5) is 81.2. The highest BCUT2D eigenvalue weighted by Gasteiger charge is 2.34. The molecule has 0 atom stereocenters. The van der Waals surface area contributed by atoms with E-state index in [9.17, 15) is 24.0 Å². The molecule has 618 valence electrons. The molecule has 0 heterocycles. The number of likely N-dealkylation sites (N-methyl/N-ethyl adjacent to an activating group) is 10. The summed E-state index contributed by atoms with van der Waals surface area (Å²) in [6.07, 6.45) is 2.33. The van der Waals surface area contributed by atoms with Crippen LogP contribution in [0.4, 0.5) is 28.4 Å². The molecule has 0 radical (unpaired) electrons. The molecule has 20 nitrogen and oxygen atoms in total. The summed E-state index contributed by atoms with van der Waals surface area (Å²) < 4.78 is 30.8. The molecule has 5 aromatic rings. The Kier molecular flexibility index (Phi) is 45.7. The summed E-state index contributed by atoms with van der Waals surface area (Å²) in [6.45, 7) is 65.7. The SMILES string of the molecule is CCCN(C)CCOCCN(C)c1c(C(C)(C)C)c(=S)c1=O.CCCN(CC)CCOCCN(C)c1c(C(C)(C)C)c(=S)c1=O.CCN(C)CCOCCN(C)c1c(C(C)(C)C)c(=S)c1=O.CCN(CC)CCOCCN(C)c1c(C(C)(C)C)c(=S)c1=O.CN(C)CCOCCN(C)c1c(C(C)(C)C)c(=S)c1=O. The number of hydrogen-bond acceptors (Lipinski definition) is 25. The van der Waals surface area contributed by atoms with Crippen LogP contribution in [0.1, 0.15) is 186 Å². The monoisotopic (exact) mass is 1600 g/mol. The van der Waals surface area contributed by atoms with Gasteiger partial charge in [0, 0.05) is 129 Å². The van der Waals surface area contributed by atoms with Crippen molar-refractivity contribution in [3.8, 4) is 0 Å². The van der Waals surface area contributed by atoms with E-state index in [1.807, 2.05) is 73.8 Å². The molecule has 0 saturated carbocycles. The van der Waals surface area contributed by atoms with Crippen LogP contribution in [-0.4, -0.2) is 259 Å². The van der Waals surface area contributed by atoms with Gasteiger partial charge in [0.05, 0.1) is 117 Å². The topological polar surface area (TPSA) is 164 Å². The van der Waals surface area contributed by atoms with Crippen molar-refractivity contribution in [2.45, 2.75) is 185 Å². The van der Waals surface area contributed by atoms with E-state index < -0.39 is 0 Å². The fourth-order valence-corrected chi connectivity index (χ4v) is 14.8. The van der Waals surface area contributed by atoms with E-state index in [-0.39, 0.29) is 54.2 Å². The van der Waals surface area contributed by atoms with Crippen LogP contribution in [0.5, 0.6) is 0 Å². The second-order valence-corrected chi connectivity index (χ2v) is 35.8. The van der Waals surface area contributed by atoms with E-state index in [2.05, 4.69) is 184 Å². The molecule has 25 heteroatoms. The van der Waals surface area contributed by atoms with Gasteiger partial charge >= 0.3 is 0 Å². The molecule has 5 rings (SSSR count). The molecule has 108 heavy (non-hydrogen) atoms. The maximum absolute atomic E-state index is 12.1. The van der Waals surface area contributed by atoms with Crippen LogP contribution in [0.25, 0.3) is 0 Å². The van der Waals surface area contributed by atoms with Crippen molar-refractivity contribution < 1.29 is 23.7 Å². The maximum Gasteiger partial charge on any atom is 0.220 e. The van der Waals surface area contributed by atoms with Gasteiger partial charge in [0.15, 0.2) is 0 Å². The minimum absolute atomic E-state index is 0.000663. The molecule has 0 unspecified atom stereocenters. The Bertz CT molecular complexity index is 3810. The molecule has 0 aliphatic heterocycles. The average molecular weight is 1600 g/mol. The van der Waals surface area contributed by atoms with Gasteiger partial charge in [-0.15, -0.1) is 0 Å². The first-order valence-electron chi connectivity index (χ1n) is 39.1. The van der Waals surface area contributed by atoms with Crippen molar-refractivity contribution in [1.82, 2.24) is 24.5 Å². The predicted octanol–water partition coefficient (Wildman–Crippen LogP) is 12.9. The first kappa shape index (κ1) is 102. The standard InChI is InChI=1S/C18H32N2O2S.2C17H30N2O2S.C16H28N2O2S.C15H26N2O2S/c1-7-9-20(8-2)11-13-22-12-10-19(6)15-14(18(3,4)5)17(23)16(15)21;1-7-8-18(5)9-11-21-12-10-19(6)14-13(17(2,3)4)16(22)15(14)20;1-7-19(8-2)10-12-21-11-9-18(6)14-13(17(3,4)5)16(22)15(14)20;1-7-17(5)8-10-20-11-9-18(6)13-12(16(2,3)4)15(21)14(13)19;1-15(2,3)11-12(13(18)14(11)20)17(6)8-10-19-9-7-16(4)5/h7-13H2,1-6H3;2*7-12H2,1-6H3;7-11H2,1-6H3;7-10H2,1-6H3. The highest BCUT2D eigenvalue weighted by molar-refractivity contribution is 7.72. The smallest absolute Gasteiger partial charge is 0.220 e. The molecule has 0 bridgehead atoms. The van der Waals surface area contributed by atoms with Gasteiger partial charge in [-0.3, -0.25) is 24.0 Å². The zero-order valence-electron chi connectivity index (χ0n) is 72.9. The Morgan fingerprint density at radius 2 is 0.454 bits per heavy atom. The predicted molar refractivity (Wildman–Crippen MR) is 473 cm³/mol. The zero-order valence-corrected chi connectivity index (χ0v) is 77.0. The molecule has 0 spiro atoms. The van der Waals surface area contributed by atoms with Crippen LogP contribution in [-0.2, 0) is 50.8 Å². The van der Waals surface area contributed by atoms with Gasteiger partial charge in [0.2, 0.25) is 27.1 Å². The molecule has 0 aliphatic carbocycles. The van der Waals surface area contributed by atoms with Gasteiger partial charge in [0.25, 0.3) is 0 Å². The lowest BCUT2D eigenvalue weighted by atomic mass is 9.82. The Hall–Kier alpha value is -3.90. The highest BCUT2D eigenvalue weighted by Crippen LogP contribution is 2.37. The average Bonchev–Trinajstić information content (AvgIpc) is 0.781. The second-order valence-electron chi connectivity index (χ2n) is 33.8. The molecule has 5 aromatic carbocycles. The molecule has 0 aliphatic rings. The summed E-state index contributed by atoms with van der Waals surface area (Å²) in [5.41, 5.74) is 8.49. The molecular weight excluding hydrogens is 1460 g/mol. The zero-order chi connectivity index (χ0) is 83.2. The van der Waals surface area contributed by atoms with Crippen LogP contribution in [0.3, 0.4) is 0 Å². The molecule has 0 saturated heterocycles. The van der Waals surface area contributed by atoms with E-state index in [0.717, 1.165) is 161 Å². The van der Waals surface area contributed by atoms with Gasteiger partial charge in [-0.05, 0) is 107 Å². The minimum atomic E-state index is -0.0861. The lowest BCUT2D eigenvalue weighted by Crippen LogP contribution is -2.36. The third-order valence-electron chi connectivity index (χ3n) is 19.0. The van der Waals surface area contributed by atoms with Crippen LogP contribution >= 0.6 is 61.1 Å². The van der Waals surface area contributed by atoms with Gasteiger partial charge in [-0.1, -0.05) is 206 Å². The first-order valence-corrected chi connectivity index (χ1v) is 41.2. The van der Waals surface area contributed by atoms with Crippen molar-refractivity contribution >= 4 is 89.5 Å². The normalized spacial score (nSPS) is 12.3. The lowest BCUT2D eigenvalue weighted by Gasteiger charge is -2.30. The molecule has 0 fully saturated rings. The summed E-state index contributed by atoms with van der Waals surface area (Å²) >= 11 is 26.0. The molecule has 0 amide bonds. The maximum atomic E-state index is 12.1. The van der Waals surface area contributed by atoms with Crippen LogP contribution in [0.15, 0.2) is 24.0 Å². The number of rotatable bonds is 43. The van der Waals surface area contributed by atoms with Crippen molar-refractivity contribution in [2.24, 2.45) is 0 Å². The third kappa shape index (κ3) is 32.2. The van der Waals surface area contributed by atoms with Gasteiger partial charge < -0.3 is 72.7 Å². The van der Waals surface area contributed by atoms with Crippen LogP contribution in [0, 0.1) is 22.6 Å². The van der Waals surface area contributed by atoms with Crippen LogP contribution < -0.4 is 51.6 Å². The molecular formula is C83H146N10O10S5. The van der Waals surface area contributed by atoms with Gasteiger partial charge in [0.1, 0.15) is 0 Å². The largest absolute Gasteiger partial charge is 0.378 e. The number of anilines is 5. The quantitative estimate of drug-likeness (QED) is 0.0267. The summed E-state index contributed by atoms with van der Waals surface area (Å²) in [6, 6.07) is 0. The molecule has 0 N–H and O–H groups in total. The van der Waals surface area contributed by atoms with E-state index in [4.69, 9.17) is 84.8 Å². The Labute approximate surface area is 678 Å². The Morgan fingerprint density at radius 1 is 0.250 bits per heavy atom. The van der Waals surface area contributed by atoms with E-state index in [1.165, 1.54) is 6.42 Å². The fourth-order valence-electron chi connectivity index (χ4n) is 12.3. The van der Waals surface area contributed by atoms with E-state index in [0.29, 0.717) is 94.9 Å². The number of nitrogens with zero attached hydrogens (tertiary/aromatic N) is 10. The highest BCUT2D eigenvalue weighted by atomic mass is 32.1. The summed E-state index contributed by atoms with van der Waals surface area (Å²) in [5.74, 6) is 0. The summed E-state index contributed by atoms with van der Waals surface area (Å²) in [7, 11) is 17.9. The third-order valence-corrected chi connectivity index (χ3v) is 20.9. The fraction of sp³-hybridized carbons (Fsp3) is 0.759. The first-order chi connectivity index (χ1) is 50.0. The number of ether oxygens (including phenoxy) is 5. The lowest BCUT2D eigenvalue weighted by molar-refractivity contribution is 0.110. The Morgan fingerprint density at radius 3 is 0.657 bits per heavy atom. The summed E-state index contributed by atoms with van der Waals surface area (Å²) in [5, 5.41) is 0. The number of hydrogen-bond donors (Lipinski definition) is 0. The van der Waals surface area contributed by atoms with Gasteiger partial charge in [-0.2, -0.15) is 0 Å². The van der Waals surface area contributed by atoms with Crippen LogP contribution in [0.2, 0.25) is 0 Å². The van der Waals surface area contributed by atoms with Crippen molar-refractivity contribution in [1.29, 1.82) is 0 Å². The second kappa shape index (κ2) is 48.3. The molecule has 0 aromatic heterocycles. The van der Waals surface area contributed by atoms with E-state index >= 15 is 0 Å². The minimum Gasteiger partial charge on any atom is -0.378 e. The Balaban J connectivity index is 0.000000675. The van der Waals surface area contributed by atoms with Crippen molar-refractivity contribution in [3.05, 3.63) is 101 Å². The van der Waals surface area contributed by atoms with Crippen molar-refractivity contribution in [2.75, 3.05) is 259 Å². The van der Waals surface area contributed by atoms with E-state index in [1.54, 1.807) is 0 Å². The van der Waals surface area contributed by atoms with Crippen molar-refractivity contribution in [3.63, 3.8) is 0 Å². The van der Waals surface area contributed by atoms with Gasteiger partial charge in [-0.25, -0.2) is 0 Å².